The van der Waals surface area contributed by atoms with Crippen molar-refractivity contribution in [3.63, 3.8) is 0 Å². The van der Waals surface area contributed by atoms with E-state index in [-0.39, 0.29) is 5.69 Å². The minimum absolute atomic E-state index is 0.0919. The molecule has 2 rings (SSSR count). The van der Waals surface area contributed by atoms with Crippen LogP contribution in [0.5, 0.6) is 0 Å². The van der Waals surface area contributed by atoms with Gasteiger partial charge in [0.05, 0.1) is 4.47 Å². The standard InChI is InChI=1S/C7H6BrN3O/c1-10-4-5(8)6-9-2-3-11(6)7(10)12/h2-4H,1H3. The molecule has 0 atom stereocenters. The van der Waals surface area contributed by atoms with Crippen molar-refractivity contribution in [2.45, 2.75) is 0 Å². The molecule has 0 saturated heterocycles. The smallest absolute Gasteiger partial charge is 0.302 e. The van der Waals surface area contributed by atoms with Gasteiger partial charge in [-0.05, 0) is 15.9 Å². The van der Waals surface area contributed by atoms with Crippen molar-refractivity contribution >= 4 is 21.6 Å². The summed E-state index contributed by atoms with van der Waals surface area (Å²) in [5, 5.41) is 0. The van der Waals surface area contributed by atoms with Gasteiger partial charge in [0, 0.05) is 25.6 Å². The van der Waals surface area contributed by atoms with E-state index in [1.165, 1.54) is 8.97 Å². The summed E-state index contributed by atoms with van der Waals surface area (Å²) in [7, 11) is 1.70. The Balaban J connectivity index is 3.07. The van der Waals surface area contributed by atoms with Gasteiger partial charge in [0.25, 0.3) is 0 Å². The van der Waals surface area contributed by atoms with Crippen LogP contribution in [0.3, 0.4) is 0 Å². The van der Waals surface area contributed by atoms with Gasteiger partial charge in [-0.3, -0.25) is 4.40 Å². The van der Waals surface area contributed by atoms with E-state index in [1.54, 1.807) is 25.6 Å². The van der Waals surface area contributed by atoms with Crippen molar-refractivity contribution in [2.24, 2.45) is 7.05 Å². The van der Waals surface area contributed by atoms with Crippen LogP contribution in [0.1, 0.15) is 0 Å². The first kappa shape index (κ1) is 7.54. The maximum absolute atomic E-state index is 11.4. The van der Waals surface area contributed by atoms with E-state index in [2.05, 4.69) is 20.9 Å². The Hall–Kier alpha value is -1.10. The maximum Gasteiger partial charge on any atom is 0.333 e. The van der Waals surface area contributed by atoms with Gasteiger partial charge in [-0.25, -0.2) is 9.78 Å². The van der Waals surface area contributed by atoms with E-state index >= 15 is 0 Å². The number of hydrogen-bond donors (Lipinski definition) is 0. The Morgan fingerprint density at radius 3 is 3.08 bits per heavy atom. The molecule has 5 heteroatoms. The monoisotopic (exact) mass is 227 g/mol. The summed E-state index contributed by atoms with van der Waals surface area (Å²) in [5.74, 6) is 0. The van der Waals surface area contributed by atoms with Crippen LogP contribution in [0.2, 0.25) is 0 Å². The Labute approximate surface area is 76.6 Å². The second kappa shape index (κ2) is 2.45. The molecule has 0 aliphatic rings. The van der Waals surface area contributed by atoms with Gasteiger partial charge in [-0.15, -0.1) is 0 Å². The molecule has 0 bridgehead atoms. The molecule has 2 heterocycles. The van der Waals surface area contributed by atoms with Gasteiger partial charge in [0.2, 0.25) is 0 Å². The van der Waals surface area contributed by atoms with Crippen LogP contribution in [0, 0.1) is 0 Å². The minimum atomic E-state index is -0.0919. The molecule has 62 valence electrons. The average Bonchev–Trinajstić information content (AvgIpc) is 2.48. The van der Waals surface area contributed by atoms with Crippen molar-refractivity contribution in [1.82, 2.24) is 14.0 Å². The lowest BCUT2D eigenvalue weighted by Crippen LogP contribution is -2.23. The molecule has 12 heavy (non-hydrogen) atoms. The number of hydrogen-bond acceptors (Lipinski definition) is 2. The summed E-state index contributed by atoms with van der Waals surface area (Å²) in [6.07, 6.45) is 4.94. The summed E-state index contributed by atoms with van der Waals surface area (Å²) < 4.78 is 3.80. The molecule has 0 amide bonds. The Morgan fingerprint density at radius 1 is 1.58 bits per heavy atom. The first-order valence-corrected chi connectivity index (χ1v) is 4.17. The second-order valence-corrected chi connectivity index (χ2v) is 3.35. The Morgan fingerprint density at radius 2 is 2.33 bits per heavy atom. The molecule has 0 saturated carbocycles. The van der Waals surface area contributed by atoms with Crippen molar-refractivity contribution in [3.05, 3.63) is 33.5 Å². The average molecular weight is 228 g/mol. The molecule has 0 aliphatic carbocycles. The highest BCUT2D eigenvalue weighted by Gasteiger charge is 2.03. The molecule has 2 aromatic rings. The number of imidazole rings is 1. The number of fused-ring (bicyclic) bond motifs is 1. The molecule has 0 aromatic carbocycles. The van der Waals surface area contributed by atoms with E-state index in [1.807, 2.05) is 0 Å². The van der Waals surface area contributed by atoms with Gasteiger partial charge >= 0.3 is 5.69 Å². The highest BCUT2D eigenvalue weighted by atomic mass is 79.9. The third kappa shape index (κ3) is 0.896. The number of halogens is 1. The maximum atomic E-state index is 11.4. The molecule has 0 N–H and O–H groups in total. The zero-order valence-corrected chi connectivity index (χ0v) is 7.95. The molecular formula is C7H6BrN3O. The highest BCUT2D eigenvalue weighted by molar-refractivity contribution is 9.10. The summed E-state index contributed by atoms with van der Waals surface area (Å²) in [6.45, 7) is 0. The summed E-state index contributed by atoms with van der Waals surface area (Å²) in [4.78, 5) is 15.4. The second-order valence-electron chi connectivity index (χ2n) is 2.49. The molecular weight excluding hydrogens is 222 g/mol. The quantitative estimate of drug-likeness (QED) is 0.668. The van der Waals surface area contributed by atoms with Crippen LogP contribution in [0.4, 0.5) is 0 Å². The van der Waals surface area contributed by atoms with E-state index in [4.69, 9.17) is 0 Å². The molecule has 2 aromatic heterocycles. The summed E-state index contributed by atoms with van der Waals surface area (Å²) >= 11 is 3.32. The third-order valence-corrected chi connectivity index (χ3v) is 2.23. The fourth-order valence-electron chi connectivity index (χ4n) is 1.09. The summed E-state index contributed by atoms with van der Waals surface area (Å²) in [6, 6.07) is 0. The van der Waals surface area contributed by atoms with Crippen molar-refractivity contribution in [3.8, 4) is 0 Å². The van der Waals surface area contributed by atoms with Gasteiger partial charge in [0.1, 0.15) is 0 Å². The minimum Gasteiger partial charge on any atom is -0.302 e. The molecule has 0 fully saturated rings. The van der Waals surface area contributed by atoms with E-state index in [9.17, 15) is 4.79 Å². The van der Waals surface area contributed by atoms with Gasteiger partial charge in [-0.1, -0.05) is 0 Å². The number of aromatic nitrogens is 3. The summed E-state index contributed by atoms with van der Waals surface area (Å²) in [5.41, 5.74) is 0.559. The van der Waals surface area contributed by atoms with Crippen LogP contribution in [0.15, 0.2) is 27.9 Å². The lowest BCUT2D eigenvalue weighted by Gasteiger charge is -1.99. The Kier molecular flexibility index (Phi) is 1.54. The van der Waals surface area contributed by atoms with E-state index in [0.717, 1.165) is 4.47 Å². The van der Waals surface area contributed by atoms with Gasteiger partial charge in [0.15, 0.2) is 5.65 Å². The third-order valence-electron chi connectivity index (χ3n) is 1.67. The van der Waals surface area contributed by atoms with Gasteiger partial charge < -0.3 is 4.57 Å². The van der Waals surface area contributed by atoms with Crippen LogP contribution in [-0.2, 0) is 7.05 Å². The van der Waals surface area contributed by atoms with Gasteiger partial charge in [-0.2, -0.15) is 0 Å². The van der Waals surface area contributed by atoms with Crippen LogP contribution >= 0.6 is 15.9 Å². The lowest BCUT2D eigenvalue weighted by atomic mass is 10.6. The van der Waals surface area contributed by atoms with Crippen LogP contribution in [0.25, 0.3) is 5.65 Å². The van der Waals surface area contributed by atoms with Crippen molar-refractivity contribution < 1.29 is 0 Å². The molecule has 0 spiro atoms. The largest absolute Gasteiger partial charge is 0.333 e. The van der Waals surface area contributed by atoms with Crippen molar-refractivity contribution in [2.75, 3.05) is 0 Å². The number of rotatable bonds is 0. The molecule has 0 radical (unpaired) electrons. The molecule has 4 nitrogen and oxygen atoms in total. The first-order chi connectivity index (χ1) is 5.70. The Bertz CT molecular complexity index is 485. The predicted molar refractivity (Wildman–Crippen MR) is 48.1 cm³/mol. The lowest BCUT2D eigenvalue weighted by molar-refractivity contribution is 0.785. The van der Waals surface area contributed by atoms with E-state index in [0.29, 0.717) is 5.65 Å². The zero-order valence-electron chi connectivity index (χ0n) is 6.36. The zero-order chi connectivity index (χ0) is 8.72. The van der Waals surface area contributed by atoms with E-state index < -0.39 is 0 Å². The normalized spacial score (nSPS) is 10.8. The predicted octanol–water partition coefficient (Wildman–Crippen LogP) is 0.795. The topological polar surface area (TPSA) is 39.3 Å². The number of nitrogens with zero attached hydrogens (tertiary/aromatic N) is 3. The van der Waals surface area contributed by atoms with Crippen molar-refractivity contribution in [1.29, 1.82) is 0 Å². The first-order valence-electron chi connectivity index (χ1n) is 3.38. The highest BCUT2D eigenvalue weighted by Crippen LogP contribution is 2.12. The number of aryl methyl sites for hydroxylation is 1. The van der Waals surface area contributed by atoms with Crippen LogP contribution in [-0.4, -0.2) is 14.0 Å². The molecule has 0 aliphatic heterocycles. The SMILES string of the molecule is Cn1cc(Br)c2nccn2c1=O. The van der Waals surface area contributed by atoms with Crippen LogP contribution < -0.4 is 5.69 Å². The fraction of sp³-hybridized carbons (Fsp3) is 0.143. The fourth-order valence-corrected chi connectivity index (χ4v) is 1.69. The molecule has 0 unspecified atom stereocenters.